The first-order valence-corrected chi connectivity index (χ1v) is 8.16. The van der Waals surface area contributed by atoms with Gasteiger partial charge in [0.15, 0.2) is 10.9 Å². The lowest BCUT2D eigenvalue weighted by atomic mass is 10.2. The number of nitrogens with zero attached hydrogens (tertiary/aromatic N) is 2. The molecule has 2 aromatic heterocycles. The van der Waals surface area contributed by atoms with E-state index >= 15 is 0 Å². The van der Waals surface area contributed by atoms with E-state index in [0.29, 0.717) is 18.1 Å². The third-order valence-electron chi connectivity index (χ3n) is 3.07. The molecule has 5 nitrogen and oxygen atoms in total. The van der Waals surface area contributed by atoms with Crippen LogP contribution >= 0.6 is 11.8 Å². The Balaban J connectivity index is 1.80. The summed E-state index contributed by atoms with van der Waals surface area (Å²) in [4.78, 5) is 16.1. The van der Waals surface area contributed by atoms with E-state index in [1.54, 1.807) is 24.0 Å². The summed E-state index contributed by atoms with van der Waals surface area (Å²) >= 11 is 1.58. The van der Waals surface area contributed by atoms with Crippen molar-refractivity contribution in [2.45, 2.75) is 37.1 Å². The molecule has 0 spiro atoms. The van der Waals surface area contributed by atoms with Gasteiger partial charge < -0.3 is 14.3 Å². The third kappa shape index (κ3) is 4.67. The van der Waals surface area contributed by atoms with Crippen LogP contribution in [0.5, 0.6) is 0 Å². The second-order valence-electron chi connectivity index (χ2n) is 4.84. The SMILES string of the molecule is CCCCCNC(=O)c1ccc(CSc2nccn2C)o1. The monoisotopic (exact) mass is 307 g/mol. The maximum atomic E-state index is 11.9. The van der Waals surface area contributed by atoms with E-state index in [2.05, 4.69) is 17.2 Å². The number of amides is 1. The van der Waals surface area contributed by atoms with E-state index < -0.39 is 0 Å². The summed E-state index contributed by atoms with van der Waals surface area (Å²) in [6.07, 6.45) is 6.94. The molecule has 0 bridgehead atoms. The van der Waals surface area contributed by atoms with Crippen molar-refractivity contribution in [2.75, 3.05) is 6.54 Å². The van der Waals surface area contributed by atoms with Crippen LogP contribution < -0.4 is 5.32 Å². The lowest BCUT2D eigenvalue weighted by Gasteiger charge is -2.02. The van der Waals surface area contributed by atoms with Crippen molar-refractivity contribution < 1.29 is 9.21 Å². The molecule has 6 heteroatoms. The Labute approximate surface area is 129 Å². The summed E-state index contributed by atoms with van der Waals surface area (Å²) < 4.78 is 7.52. The number of imidazole rings is 1. The van der Waals surface area contributed by atoms with E-state index in [9.17, 15) is 4.79 Å². The van der Waals surface area contributed by atoms with Gasteiger partial charge in [-0.05, 0) is 18.6 Å². The molecule has 2 rings (SSSR count). The molecular weight excluding hydrogens is 286 g/mol. The Morgan fingerprint density at radius 2 is 2.29 bits per heavy atom. The summed E-state index contributed by atoms with van der Waals surface area (Å²) in [7, 11) is 1.95. The van der Waals surface area contributed by atoms with Crippen LogP contribution in [0.2, 0.25) is 0 Å². The maximum Gasteiger partial charge on any atom is 0.286 e. The molecule has 0 aliphatic heterocycles. The van der Waals surface area contributed by atoms with Gasteiger partial charge >= 0.3 is 0 Å². The number of hydrogen-bond donors (Lipinski definition) is 1. The van der Waals surface area contributed by atoms with Gasteiger partial charge in [0.1, 0.15) is 5.76 Å². The van der Waals surface area contributed by atoms with Crippen LogP contribution in [0.4, 0.5) is 0 Å². The molecular formula is C15H21N3O2S. The van der Waals surface area contributed by atoms with Crippen molar-refractivity contribution in [1.82, 2.24) is 14.9 Å². The summed E-state index contributed by atoms with van der Waals surface area (Å²) in [5.74, 6) is 1.68. The number of aryl methyl sites for hydroxylation is 1. The van der Waals surface area contributed by atoms with E-state index in [1.165, 1.54) is 0 Å². The standard InChI is InChI=1S/C15H21N3O2S/c1-3-4-5-8-16-14(19)13-7-6-12(20-13)11-21-15-17-9-10-18(15)2/h6-7,9-10H,3-5,8,11H2,1-2H3,(H,16,19). The molecule has 0 radical (unpaired) electrons. The van der Waals surface area contributed by atoms with Gasteiger partial charge in [-0.25, -0.2) is 4.98 Å². The van der Waals surface area contributed by atoms with Gasteiger partial charge in [0.2, 0.25) is 0 Å². The van der Waals surface area contributed by atoms with E-state index in [-0.39, 0.29) is 5.91 Å². The average Bonchev–Trinajstić information content (AvgIpc) is 3.10. The van der Waals surface area contributed by atoms with Crippen molar-refractivity contribution in [3.8, 4) is 0 Å². The van der Waals surface area contributed by atoms with Crippen molar-refractivity contribution in [3.63, 3.8) is 0 Å². The summed E-state index contributed by atoms with van der Waals surface area (Å²) in [5, 5.41) is 3.80. The first-order chi connectivity index (χ1) is 10.2. The Hall–Kier alpha value is -1.69. The van der Waals surface area contributed by atoms with Crippen molar-refractivity contribution in [1.29, 1.82) is 0 Å². The Bertz CT molecular complexity index is 577. The number of rotatable bonds is 8. The molecule has 1 N–H and O–H groups in total. The second kappa shape index (κ2) is 7.93. The lowest BCUT2D eigenvalue weighted by Crippen LogP contribution is -2.23. The molecule has 2 aromatic rings. The topological polar surface area (TPSA) is 60.1 Å². The molecule has 0 atom stereocenters. The fraction of sp³-hybridized carbons (Fsp3) is 0.467. The first kappa shape index (κ1) is 15.7. The maximum absolute atomic E-state index is 11.9. The summed E-state index contributed by atoms with van der Waals surface area (Å²) in [5.41, 5.74) is 0. The van der Waals surface area contributed by atoms with Crippen LogP contribution in [0.1, 0.15) is 42.5 Å². The Morgan fingerprint density at radius 1 is 1.43 bits per heavy atom. The third-order valence-corrected chi connectivity index (χ3v) is 4.15. The number of carbonyl (C=O) groups is 1. The van der Waals surface area contributed by atoms with Crippen LogP contribution in [-0.4, -0.2) is 22.0 Å². The first-order valence-electron chi connectivity index (χ1n) is 7.17. The van der Waals surface area contributed by atoms with Crippen molar-refractivity contribution in [3.05, 3.63) is 36.0 Å². The van der Waals surface area contributed by atoms with Gasteiger partial charge in [-0.1, -0.05) is 31.5 Å². The molecule has 0 aromatic carbocycles. The van der Waals surface area contributed by atoms with Crippen molar-refractivity contribution in [2.24, 2.45) is 7.05 Å². The van der Waals surface area contributed by atoms with Crippen LogP contribution in [-0.2, 0) is 12.8 Å². The van der Waals surface area contributed by atoms with Crippen LogP contribution in [0.3, 0.4) is 0 Å². The minimum Gasteiger partial charge on any atom is -0.455 e. The quantitative estimate of drug-likeness (QED) is 0.601. The van der Waals surface area contributed by atoms with Gasteiger partial charge in [-0.2, -0.15) is 0 Å². The van der Waals surface area contributed by atoms with Gasteiger partial charge in [0.25, 0.3) is 5.91 Å². The molecule has 0 unspecified atom stereocenters. The highest BCUT2D eigenvalue weighted by Crippen LogP contribution is 2.21. The van der Waals surface area contributed by atoms with Gasteiger partial charge in [-0.3, -0.25) is 4.79 Å². The number of nitrogens with one attached hydrogen (secondary N) is 1. The highest BCUT2D eigenvalue weighted by atomic mass is 32.2. The predicted octanol–water partition coefficient (Wildman–Crippen LogP) is 3.23. The zero-order valence-corrected chi connectivity index (χ0v) is 13.3. The fourth-order valence-electron chi connectivity index (χ4n) is 1.87. The van der Waals surface area contributed by atoms with E-state index in [0.717, 1.165) is 30.2 Å². The molecule has 1 amide bonds. The smallest absolute Gasteiger partial charge is 0.286 e. The fourth-order valence-corrected chi connectivity index (χ4v) is 2.69. The minimum atomic E-state index is -0.139. The molecule has 21 heavy (non-hydrogen) atoms. The number of hydrogen-bond acceptors (Lipinski definition) is 4. The average molecular weight is 307 g/mol. The molecule has 0 saturated heterocycles. The summed E-state index contributed by atoms with van der Waals surface area (Å²) in [6.45, 7) is 2.84. The molecule has 0 aliphatic carbocycles. The minimum absolute atomic E-state index is 0.139. The molecule has 0 aliphatic rings. The van der Waals surface area contributed by atoms with Gasteiger partial charge in [0.05, 0.1) is 5.75 Å². The Morgan fingerprint density at radius 3 is 3.00 bits per heavy atom. The normalized spacial score (nSPS) is 10.8. The van der Waals surface area contributed by atoms with Crippen LogP contribution in [0.15, 0.2) is 34.1 Å². The number of carbonyl (C=O) groups excluding carboxylic acids is 1. The van der Waals surface area contributed by atoms with Crippen LogP contribution in [0, 0.1) is 0 Å². The highest BCUT2D eigenvalue weighted by Gasteiger charge is 2.11. The molecule has 2 heterocycles. The summed E-state index contributed by atoms with van der Waals surface area (Å²) in [6, 6.07) is 3.57. The lowest BCUT2D eigenvalue weighted by molar-refractivity contribution is 0.0924. The largest absolute Gasteiger partial charge is 0.455 e. The van der Waals surface area contributed by atoms with Crippen molar-refractivity contribution >= 4 is 17.7 Å². The predicted molar refractivity (Wildman–Crippen MR) is 83.3 cm³/mol. The molecule has 0 saturated carbocycles. The molecule has 0 fully saturated rings. The number of furan rings is 1. The number of aromatic nitrogens is 2. The molecule has 114 valence electrons. The Kier molecular flexibility index (Phi) is 5.92. The van der Waals surface area contributed by atoms with Crippen LogP contribution in [0.25, 0.3) is 0 Å². The zero-order chi connectivity index (χ0) is 15.1. The highest BCUT2D eigenvalue weighted by molar-refractivity contribution is 7.98. The number of unbranched alkanes of at least 4 members (excludes halogenated alkanes) is 2. The van der Waals surface area contributed by atoms with Gasteiger partial charge in [-0.15, -0.1) is 0 Å². The van der Waals surface area contributed by atoms with E-state index in [4.69, 9.17) is 4.42 Å². The number of thioether (sulfide) groups is 1. The zero-order valence-electron chi connectivity index (χ0n) is 12.5. The van der Waals surface area contributed by atoms with Gasteiger partial charge in [0, 0.05) is 26.0 Å². The van der Waals surface area contributed by atoms with E-state index in [1.807, 2.05) is 23.9 Å². The second-order valence-corrected chi connectivity index (χ2v) is 5.78.